The molecule has 0 aliphatic carbocycles. The maximum absolute atomic E-state index is 8.58. The Labute approximate surface area is 66.6 Å². The molecule has 70 valence electrons. The standard InChI is InChI=1S/C5H13NO3.CH5N/c6-1-5(2-7,3-8)4-9;1-2/h7-9H,1-4,6H2;2H2,1H3. The Morgan fingerprint density at radius 1 is 1.00 bits per heavy atom. The molecular formula is C6H18N2O3. The van der Waals surface area contributed by atoms with E-state index in [-0.39, 0.29) is 26.4 Å². The average Bonchev–Trinajstić information content (AvgIpc) is 2.13. The summed E-state index contributed by atoms with van der Waals surface area (Å²) in [6.45, 7) is -0.750. The Bertz CT molecular complexity index is 58.7. The first kappa shape index (κ1) is 13.4. The van der Waals surface area contributed by atoms with Crippen LogP contribution in [0, 0.1) is 5.41 Å². The van der Waals surface area contributed by atoms with Gasteiger partial charge in [-0.2, -0.15) is 0 Å². The Morgan fingerprint density at radius 2 is 1.27 bits per heavy atom. The highest BCUT2D eigenvalue weighted by Crippen LogP contribution is 2.10. The van der Waals surface area contributed by atoms with Crippen LogP contribution in [-0.4, -0.2) is 48.7 Å². The Hall–Kier alpha value is -0.200. The van der Waals surface area contributed by atoms with Crippen molar-refractivity contribution >= 4 is 0 Å². The third-order valence-corrected chi connectivity index (χ3v) is 1.44. The van der Waals surface area contributed by atoms with E-state index in [1.807, 2.05) is 0 Å². The molecule has 0 unspecified atom stereocenters. The second kappa shape index (κ2) is 7.90. The SMILES string of the molecule is CN.NCC(CO)(CO)CO. The molecule has 0 aliphatic rings. The molecule has 0 radical (unpaired) electrons. The molecule has 7 N–H and O–H groups in total. The monoisotopic (exact) mass is 166 g/mol. The van der Waals surface area contributed by atoms with E-state index < -0.39 is 5.41 Å². The molecule has 0 atom stereocenters. The van der Waals surface area contributed by atoms with Crippen molar-refractivity contribution in [3.63, 3.8) is 0 Å². The first-order valence-corrected chi connectivity index (χ1v) is 3.35. The van der Waals surface area contributed by atoms with Crippen molar-refractivity contribution in [2.45, 2.75) is 0 Å². The minimum absolute atomic E-state index is 0.0938. The number of hydrogen-bond donors (Lipinski definition) is 5. The van der Waals surface area contributed by atoms with E-state index in [1.54, 1.807) is 0 Å². The van der Waals surface area contributed by atoms with Gasteiger partial charge in [-0.3, -0.25) is 0 Å². The van der Waals surface area contributed by atoms with Crippen LogP contribution in [-0.2, 0) is 0 Å². The van der Waals surface area contributed by atoms with Gasteiger partial charge < -0.3 is 26.8 Å². The fraction of sp³-hybridized carbons (Fsp3) is 1.00. The van der Waals surface area contributed by atoms with Crippen molar-refractivity contribution in [1.29, 1.82) is 0 Å². The van der Waals surface area contributed by atoms with Crippen LogP contribution >= 0.6 is 0 Å². The highest BCUT2D eigenvalue weighted by molar-refractivity contribution is 4.77. The minimum Gasteiger partial charge on any atom is -0.396 e. The quantitative estimate of drug-likeness (QED) is 0.316. The second-order valence-electron chi connectivity index (χ2n) is 2.18. The van der Waals surface area contributed by atoms with Crippen LogP contribution in [0.3, 0.4) is 0 Å². The van der Waals surface area contributed by atoms with Gasteiger partial charge in [0.1, 0.15) is 0 Å². The number of aliphatic hydroxyl groups is 3. The van der Waals surface area contributed by atoms with Crippen LogP contribution in [0.1, 0.15) is 0 Å². The maximum atomic E-state index is 8.58. The average molecular weight is 166 g/mol. The highest BCUT2D eigenvalue weighted by atomic mass is 16.3. The molecule has 5 nitrogen and oxygen atoms in total. The number of hydrogen-bond acceptors (Lipinski definition) is 5. The Balaban J connectivity index is 0. The van der Waals surface area contributed by atoms with Gasteiger partial charge in [0.25, 0.3) is 0 Å². The van der Waals surface area contributed by atoms with Crippen molar-refractivity contribution in [2.24, 2.45) is 16.9 Å². The van der Waals surface area contributed by atoms with Gasteiger partial charge in [-0.05, 0) is 7.05 Å². The van der Waals surface area contributed by atoms with Crippen molar-refractivity contribution < 1.29 is 15.3 Å². The molecule has 0 heterocycles. The predicted octanol–water partition coefficient (Wildman–Crippen LogP) is -2.52. The van der Waals surface area contributed by atoms with E-state index in [9.17, 15) is 0 Å². The van der Waals surface area contributed by atoms with Gasteiger partial charge in [-0.15, -0.1) is 0 Å². The minimum atomic E-state index is -0.889. The largest absolute Gasteiger partial charge is 0.396 e. The number of nitrogens with two attached hydrogens (primary N) is 2. The molecule has 5 heteroatoms. The summed E-state index contributed by atoms with van der Waals surface area (Å²) in [7, 11) is 1.50. The number of rotatable bonds is 4. The van der Waals surface area contributed by atoms with Crippen molar-refractivity contribution in [3.05, 3.63) is 0 Å². The third kappa shape index (κ3) is 4.28. The molecular weight excluding hydrogens is 148 g/mol. The van der Waals surface area contributed by atoms with Gasteiger partial charge >= 0.3 is 0 Å². The van der Waals surface area contributed by atoms with Gasteiger partial charge in [0.2, 0.25) is 0 Å². The van der Waals surface area contributed by atoms with E-state index in [1.165, 1.54) is 7.05 Å². The lowest BCUT2D eigenvalue weighted by atomic mass is 9.92. The normalized spacial score (nSPS) is 10.4. The fourth-order valence-corrected chi connectivity index (χ4v) is 0.344. The molecule has 0 saturated heterocycles. The Kier molecular flexibility index (Phi) is 9.62. The van der Waals surface area contributed by atoms with Gasteiger partial charge in [0.05, 0.1) is 25.2 Å². The van der Waals surface area contributed by atoms with E-state index >= 15 is 0 Å². The summed E-state index contributed by atoms with van der Waals surface area (Å²) < 4.78 is 0. The maximum Gasteiger partial charge on any atom is 0.0543 e. The molecule has 0 aromatic heterocycles. The molecule has 0 bridgehead atoms. The zero-order valence-electron chi connectivity index (χ0n) is 6.82. The van der Waals surface area contributed by atoms with Crippen molar-refractivity contribution in [1.82, 2.24) is 0 Å². The smallest absolute Gasteiger partial charge is 0.0543 e. The topological polar surface area (TPSA) is 113 Å². The molecule has 11 heavy (non-hydrogen) atoms. The summed E-state index contributed by atoms with van der Waals surface area (Å²) in [5.41, 5.74) is 8.77. The molecule has 0 spiro atoms. The molecule has 0 aromatic rings. The van der Waals surface area contributed by atoms with Crippen LogP contribution in [0.2, 0.25) is 0 Å². The van der Waals surface area contributed by atoms with Gasteiger partial charge in [0.15, 0.2) is 0 Å². The lowest BCUT2D eigenvalue weighted by Crippen LogP contribution is -2.41. The summed E-state index contributed by atoms with van der Waals surface area (Å²) in [5.74, 6) is 0. The fourth-order valence-electron chi connectivity index (χ4n) is 0.344. The van der Waals surface area contributed by atoms with Gasteiger partial charge in [-0.1, -0.05) is 0 Å². The molecule has 0 aliphatic heterocycles. The first-order valence-electron chi connectivity index (χ1n) is 3.35. The van der Waals surface area contributed by atoms with Crippen LogP contribution in [0.4, 0.5) is 0 Å². The summed E-state index contributed by atoms with van der Waals surface area (Å²) in [5, 5.41) is 25.7. The lowest BCUT2D eigenvalue weighted by Gasteiger charge is -2.24. The van der Waals surface area contributed by atoms with Crippen LogP contribution in [0.5, 0.6) is 0 Å². The first-order chi connectivity index (χ1) is 5.24. The Morgan fingerprint density at radius 3 is 1.27 bits per heavy atom. The van der Waals surface area contributed by atoms with E-state index in [0.717, 1.165) is 0 Å². The molecule has 0 fully saturated rings. The van der Waals surface area contributed by atoms with E-state index in [4.69, 9.17) is 21.1 Å². The number of aliphatic hydroxyl groups excluding tert-OH is 3. The van der Waals surface area contributed by atoms with Gasteiger partial charge in [-0.25, -0.2) is 0 Å². The van der Waals surface area contributed by atoms with E-state index in [2.05, 4.69) is 5.73 Å². The van der Waals surface area contributed by atoms with E-state index in [0.29, 0.717) is 0 Å². The molecule has 0 aromatic carbocycles. The second-order valence-corrected chi connectivity index (χ2v) is 2.18. The predicted molar refractivity (Wildman–Crippen MR) is 42.9 cm³/mol. The summed E-state index contributed by atoms with van der Waals surface area (Å²) >= 11 is 0. The zero-order valence-corrected chi connectivity index (χ0v) is 6.82. The van der Waals surface area contributed by atoms with Gasteiger partial charge in [0, 0.05) is 6.54 Å². The molecule has 0 amide bonds. The molecule has 0 rings (SSSR count). The van der Waals surface area contributed by atoms with Crippen LogP contribution in [0.15, 0.2) is 0 Å². The summed E-state index contributed by atoms with van der Waals surface area (Å²) in [6, 6.07) is 0. The van der Waals surface area contributed by atoms with Crippen LogP contribution < -0.4 is 11.5 Å². The third-order valence-electron chi connectivity index (χ3n) is 1.44. The van der Waals surface area contributed by atoms with Crippen molar-refractivity contribution in [3.8, 4) is 0 Å². The molecule has 0 saturated carbocycles. The highest BCUT2D eigenvalue weighted by Gasteiger charge is 2.25. The summed E-state index contributed by atoms with van der Waals surface area (Å²) in [6.07, 6.45) is 0. The van der Waals surface area contributed by atoms with Crippen LogP contribution in [0.25, 0.3) is 0 Å². The zero-order chi connectivity index (χ0) is 9.33. The van der Waals surface area contributed by atoms with Crippen molar-refractivity contribution in [2.75, 3.05) is 33.4 Å². The summed E-state index contributed by atoms with van der Waals surface area (Å²) in [4.78, 5) is 0. The lowest BCUT2D eigenvalue weighted by molar-refractivity contribution is 0.0126.